The molecule has 0 saturated carbocycles. The van der Waals surface area contributed by atoms with Gasteiger partial charge < -0.3 is 10.6 Å². The molecule has 0 atom stereocenters. The summed E-state index contributed by atoms with van der Waals surface area (Å²) < 4.78 is 2.63. The lowest BCUT2D eigenvalue weighted by Crippen LogP contribution is -2.18. The highest BCUT2D eigenvalue weighted by atomic mass is 79.9. The molecule has 0 radical (unpaired) electrons. The molecule has 6 heteroatoms. The number of carbonyl (C=O) groups excluding carboxylic acids is 1. The van der Waals surface area contributed by atoms with Crippen LogP contribution in [-0.2, 0) is 6.54 Å². The summed E-state index contributed by atoms with van der Waals surface area (Å²) in [6.45, 7) is 3.85. The number of amides is 1. The van der Waals surface area contributed by atoms with Crippen LogP contribution in [0.4, 0.5) is 0 Å². The maximum atomic E-state index is 11.5. The average Bonchev–Trinajstić information content (AvgIpc) is 2.94. The number of nitrogens with one attached hydrogen (secondary N) is 2. The van der Waals surface area contributed by atoms with Crippen molar-refractivity contribution in [1.29, 1.82) is 0 Å². The molecule has 0 aliphatic carbocycles. The van der Waals surface area contributed by atoms with E-state index in [4.69, 9.17) is 0 Å². The molecule has 0 spiro atoms. The third-order valence-electron chi connectivity index (χ3n) is 2.89. The van der Waals surface area contributed by atoms with Gasteiger partial charge in [0.2, 0.25) is 0 Å². The monoisotopic (exact) mass is 336 g/mol. The van der Waals surface area contributed by atoms with Gasteiger partial charge in [-0.05, 0) is 46.2 Å². The lowest BCUT2D eigenvalue weighted by atomic mass is 10.2. The molecule has 0 bridgehead atoms. The minimum absolute atomic E-state index is 0.191. The number of aromatic nitrogens is 2. The van der Waals surface area contributed by atoms with Crippen molar-refractivity contribution >= 4 is 21.8 Å². The fourth-order valence-electron chi connectivity index (χ4n) is 1.82. The molecule has 106 valence electrons. The van der Waals surface area contributed by atoms with Crippen LogP contribution in [0.25, 0.3) is 5.69 Å². The van der Waals surface area contributed by atoms with Crippen LogP contribution in [0.2, 0.25) is 0 Å². The number of hydrogen-bond donors (Lipinski definition) is 2. The highest BCUT2D eigenvalue weighted by Crippen LogP contribution is 2.22. The summed E-state index contributed by atoms with van der Waals surface area (Å²) in [5.74, 6) is -0.191. The highest BCUT2D eigenvalue weighted by Gasteiger charge is 2.10. The first kappa shape index (κ1) is 14.7. The Morgan fingerprint density at radius 1 is 1.40 bits per heavy atom. The van der Waals surface area contributed by atoms with E-state index < -0.39 is 0 Å². The van der Waals surface area contributed by atoms with Crippen molar-refractivity contribution in [1.82, 2.24) is 20.4 Å². The van der Waals surface area contributed by atoms with Gasteiger partial charge >= 0.3 is 0 Å². The van der Waals surface area contributed by atoms with E-state index >= 15 is 0 Å². The molecule has 20 heavy (non-hydrogen) atoms. The molecule has 0 aliphatic rings. The molecule has 1 amide bonds. The van der Waals surface area contributed by atoms with E-state index in [1.165, 1.54) is 5.56 Å². The Morgan fingerprint density at radius 3 is 2.85 bits per heavy atom. The molecule has 0 aliphatic heterocycles. The second kappa shape index (κ2) is 6.67. The Bertz CT molecular complexity index is 609. The molecule has 2 aromatic rings. The predicted octanol–water partition coefficient (Wildman–Crippen LogP) is 2.10. The van der Waals surface area contributed by atoms with Crippen LogP contribution in [0, 0.1) is 0 Å². The number of hydrogen-bond acceptors (Lipinski definition) is 3. The number of halogens is 1. The van der Waals surface area contributed by atoms with E-state index in [-0.39, 0.29) is 5.91 Å². The molecule has 1 aromatic carbocycles. The van der Waals surface area contributed by atoms with Gasteiger partial charge in [0, 0.05) is 24.3 Å². The van der Waals surface area contributed by atoms with Crippen molar-refractivity contribution in [3.05, 3.63) is 46.2 Å². The topological polar surface area (TPSA) is 59.0 Å². The van der Waals surface area contributed by atoms with Crippen molar-refractivity contribution in [3.8, 4) is 5.69 Å². The summed E-state index contributed by atoms with van der Waals surface area (Å²) in [5, 5.41) is 10.1. The van der Waals surface area contributed by atoms with Gasteiger partial charge in [0.15, 0.2) is 5.69 Å². The molecule has 1 heterocycles. The van der Waals surface area contributed by atoms with Crippen molar-refractivity contribution in [2.75, 3.05) is 13.6 Å². The first-order chi connectivity index (χ1) is 9.65. The summed E-state index contributed by atoms with van der Waals surface area (Å²) in [6.07, 6.45) is 1.77. The van der Waals surface area contributed by atoms with Gasteiger partial charge in [0.25, 0.3) is 5.91 Å². The number of benzene rings is 1. The summed E-state index contributed by atoms with van der Waals surface area (Å²) >= 11 is 3.55. The summed E-state index contributed by atoms with van der Waals surface area (Å²) in [5.41, 5.74) is 2.50. The maximum absolute atomic E-state index is 11.5. The SMILES string of the molecule is CCNCc1ccc(-n2ccc(C(=O)NC)n2)c(Br)c1. The molecule has 0 saturated heterocycles. The third-order valence-corrected chi connectivity index (χ3v) is 3.52. The fraction of sp³-hybridized carbons (Fsp3) is 0.286. The van der Waals surface area contributed by atoms with Gasteiger partial charge in [-0.3, -0.25) is 4.79 Å². The Morgan fingerprint density at radius 2 is 2.20 bits per heavy atom. The molecular weight excluding hydrogens is 320 g/mol. The minimum atomic E-state index is -0.191. The van der Waals surface area contributed by atoms with Gasteiger partial charge in [0.1, 0.15) is 0 Å². The Hall–Kier alpha value is -1.66. The van der Waals surface area contributed by atoms with Crippen LogP contribution in [0.1, 0.15) is 23.0 Å². The van der Waals surface area contributed by atoms with Gasteiger partial charge in [0.05, 0.1) is 5.69 Å². The number of rotatable bonds is 5. The molecule has 0 fully saturated rings. The smallest absolute Gasteiger partial charge is 0.271 e. The van der Waals surface area contributed by atoms with Crippen LogP contribution in [-0.4, -0.2) is 29.3 Å². The van der Waals surface area contributed by atoms with E-state index in [0.717, 1.165) is 23.2 Å². The zero-order chi connectivity index (χ0) is 14.5. The van der Waals surface area contributed by atoms with E-state index in [1.807, 2.05) is 12.1 Å². The third kappa shape index (κ3) is 3.26. The van der Waals surface area contributed by atoms with E-state index in [2.05, 4.69) is 44.7 Å². The zero-order valence-corrected chi connectivity index (χ0v) is 13.1. The first-order valence-electron chi connectivity index (χ1n) is 6.43. The number of nitrogens with zero attached hydrogens (tertiary/aromatic N) is 2. The largest absolute Gasteiger partial charge is 0.354 e. The van der Waals surface area contributed by atoms with Crippen LogP contribution >= 0.6 is 15.9 Å². The lowest BCUT2D eigenvalue weighted by Gasteiger charge is -2.08. The maximum Gasteiger partial charge on any atom is 0.271 e. The highest BCUT2D eigenvalue weighted by molar-refractivity contribution is 9.10. The minimum Gasteiger partial charge on any atom is -0.354 e. The Balaban J connectivity index is 2.24. The van der Waals surface area contributed by atoms with Crippen LogP contribution in [0.3, 0.4) is 0 Å². The van der Waals surface area contributed by atoms with Crippen molar-refractivity contribution in [2.24, 2.45) is 0 Å². The molecule has 0 unspecified atom stereocenters. The predicted molar refractivity (Wildman–Crippen MR) is 82.0 cm³/mol. The summed E-state index contributed by atoms with van der Waals surface area (Å²) in [4.78, 5) is 11.5. The lowest BCUT2D eigenvalue weighted by molar-refractivity contribution is 0.0957. The fourth-order valence-corrected chi connectivity index (χ4v) is 2.43. The molecule has 2 rings (SSSR count). The second-order valence-electron chi connectivity index (χ2n) is 4.29. The van der Waals surface area contributed by atoms with Crippen LogP contribution in [0.5, 0.6) is 0 Å². The molecular formula is C14H17BrN4O. The molecule has 5 nitrogen and oxygen atoms in total. The molecule has 1 aromatic heterocycles. The standard InChI is InChI=1S/C14H17BrN4O/c1-3-17-9-10-4-5-13(11(15)8-10)19-7-6-12(18-19)14(20)16-2/h4-8,17H,3,9H2,1-2H3,(H,16,20). The van der Waals surface area contributed by atoms with Gasteiger partial charge in [-0.25, -0.2) is 4.68 Å². The van der Waals surface area contributed by atoms with Crippen molar-refractivity contribution in [3.63, 3.8) is 0 Å². The van der Waals surface area contributed by atoms with Gasteiger partial charge in [-0.15, -0.1) is 0 Å². The van der Waals surface area contributed by atoms with Crippen molar-refractivity contribution in [2.45, 2.75) is 13.5 Å². The van der Waals surface area contributed by atoms with Crippen LogP contribution < -0.4 is 10.6 Å². The van der Waals surface area contributed by atoms with Crippen LogP contribution in [0.15, 0.2) is 34.9 Å². The van der Waals surface area contributed by atoms with Crippen molar-refractivity contribution < 1.29 is 4.79 Å². The van der Waals surface area contributed by atoms with Gasteiger partial charge in [-0.1, -0.05) is 13.0 Å². The Labute approximate surface area is 126 Å². The second-order valence-corrected chi connectivity index (χ2v) is 5.15. The van der Waals surface area contributed by atoms with Gasteiger partial charge in [-0.2, -0.15) is 5.10 Å². The summed E-state index contributed by atoms with van der Waals surface area (Å²) in [7, 11) is 1.59. The van der Waals surface area contributed by atoms with E-state index in [0.29, 0.717) is 5.69 Å². The van der Waals surface area contributed by atoms with E-state index in [1.54, 1.807) is 24.0 Å². The zero-order valence-electron chi connectivity index (χ0n) is 11.5. The number of carbonyl (C=O) groups is 1. The average molecular weight is 337 g/mol. The first-order valence-corrected chi connectivity index (χ1v) is 7.22. The summed E-state index contributed by atoms with van der Waals surface area (Å²) in [6, 6.07) is 7.78. The Kier molecular flexibility index (Phi) is 4.92. The quantitative estimate of drug-likeness (QED) is 0.879. The molecule has 2 N–H and O–H groups in total. The van der Waals surface area contributed by atoms with E-state index in [9.17, 15) is 4.79 Å². The normalized spacial score (nSPS) is 10.6.